The molecule has 0 unspecified atom stereocenters. The van der Waals surface area contributed by atoms with Crippen molar-refractivity contribution < 1.29 is 9.59 Å². The van der Waals surface area contributed by atoms with E-state index in [9.17, 15) is 9.59 Å². The van der Waals surface area contributed by atoms with Crippen molar-refractivity contribution in [2.45, 2.75) is 0 Å². The van der Waals surface area contributed by atoms with Crippen LogP contribution in [0.15, 0.2) is 24.3 Å². The summed E-state index contributed by atoms with van der Waals surface area (Å²) in [5, 5.41) is 5.65. The molecule has 0 atom stereocenters. The van der Waals surface area contributed by atoms with Crippen LogP contribution in [-0.2, 0) is 0 Å². The van der Waals surface area contributed by atoms with Gasteiger partial charge >= 0.3 is 0 Å². The molecule has 0 radical (unpaired) electrons. The highest BCUT2D eigenvalue weighted by atomic mass is 35.5. The largest absolute Gasteiger partial charge is 0.366 e. The summed E-state index contributed by atoms with van der Waals surface area (Å²) in [6.07, 6.45) is 0. The standard InChI is InChI=1S/C11H15N3O2.ClH/c1-13-6-7-14-11(16)9-4-2-8(3-5-9)10(12)15;/h2-5,13H,6-7H2,1H3,(H2,12,15)(H,14,16);1H. The number of nitrogens with two attached hydrogens (primary N) is 1. The first-order valence-electron chi connectivity index (χ1n) is 4.98. The van der Waals surface area contributed by atoms with Crippen LogP contribution in [0.5, 0.6) is 0 Å². The van der Waals surface area contributed by atoms with Crippen LogP contribution in [0.25, 0.3) is 0 Å². The minimum absolute atomic E-state index is 0. The lowest BCUT2D eigenvalue weighted by Gasteiger charge is -2.04. The Kier molecular flexibility index (Phi) is 6.93. The van der Waals surface area contributed by atoms with Crippen LogP contribution in [0.3, 0.4) is 0 Å². The molecule has 1 aromatic rings. The number of halogens is 1. The molecule has 4 N–H and O–H groups in total. The van der Waals surface area contributed by atoms with Crippen molar-refractivity contribution >= 4 is 24.2 Å². The van der Waals surface area contributed by atoms with Gasteiger partial charge in [0, 0.05) is 24.2 Å². The maximum absolute atomic E-state index is 11.5. The van der Waals surface area contributed by atoms with Crippen molar-refractivity contribution in [3.8, 4) is 0 Å². The fourth-order valence-corrected chi connectivity index (χ4v) is 1.19. The summed E-state index contributed by atoms with van der Waals surface area (Å²) >= 11 is 0. The van der Waals surface area contributed by atoms with Gasteiger partial charge in [0.2, 0.25) is 5.91 Å². The molecule has 17 heavy (non-hydrogen) atoms. The number of nitrogens with one attached hydrogen (secondary N) is 2. The average molecular weight is 258 g/mol. The SMILES string of the molecule is CNCCNC(=O)c1ccc(C(N)=O)cc1.Cl. The zero-order chi connectivity index (χ0) is 12.0. The number of benzene rings is 1. The summed E-state index contributed by atoms with van der Waals surface area (Å²) in [6.45, 7) is 1.28. The maximum Gasteiger partial charge on any atom is 0.251 e. The second kappa shape index (κ2) is 7.65. The summed E-state index contributed by atoms with van der Waals surface area (Å²) in [5.74, 6) is -0.659. The normalized spacial score (nSPS) is 9.24. The fourth-order valence-electron chi connectivity index (χ4n) is 1.19. The number of likely N-dealkylation sites (N-methyl/N-ethyl adjacent to an activating group) is 1. The number of primary amides is 1. The predicted octanol–water partition coefficient (Wildman–Crippen LogP) is 0.157. The van der Waals surface area contributed by atoms with Crippen molar-refractivity contribution in [1.29, 1.82) is 0 Å². The third-order valence-electron chi connectivity index (χ3n) is 2.09. The summed E-state index contributed by atoms with van der Waals surface area (Å²) in [5.41, 5.74) is 6.00. The van der Waals surface area contributed by atoms with Gasteiger partial charge in [-0.1, -0.05) is 0 Å². The Morgan fingerprint density at radius 2 is 1.65 bits per heavy atom. The van der Waals surface area contributed by atoms with Crippen molar-refractivity contribution in [2.75, 3.05) is 20.1 Å². The van der Waals surface area contributed by atoms with Crippen molar-refractivity contribution in [2.24, 2.45) is 5.73 Å². The fraction of sp³-hybridized carbons (Fsp3) is 0.273. The second-order valence-corrected chi connectivity index (χ2v) is 3.30. The van der Waals surface area contributed by atoms with Crippen LogP contribution in [-0.4, -0.2) is 32.0 Å². The van der Waals surface area contributed by atoms with Crippen LogP contribution in [0.1, 0.15) is 20.7 Å². The van der Waals surface area contributed by atoms with Crippen LogP contribution < -0.4 is 16.4 Å². The molecule has 0 aliphatic rings. The zero-order valence-electron chi connectivity index (χ0n) is 9.53. The maximum atomic E-state index is 11.5. The number of rotatable bonds is 5. The molecule has 0 aliphatic heterocycles. The molecule has 0 spiro atoms. The number of carbonyl (C=O) groups is 2. The average Bonchev–Trinajstić information content (AvgIpc) is 2.29. The zero-order valence-corrected chi connectivity index (χ0v) is 10.3. The van der Waals surface area contributed by atoms with Gasteiger partial charge in [0.05, 0.1) is 0 Å². The van der Waals surface area contributed by atoms with E-state index in [2.05, 4.69) is 10.6 Å². The summed E-state index contributed by atoms with van der Waals surface area (Å²) in [6, 6.07) is 6.23. The second-order valence-electron chi connectivity index (χ2n) is 3.30. The third-order valence-corrected chi connectivity index (χ3v) is 2.09. The Bertz CT molecular complexity index is 379. The van der Waals surface area contributed by atoms with E-state index < -0.39 is 5.91 Å². The quantitative estimate of drug-likeness (QED) is 0.657. The Labute approximate surface area is 106 Å². The van der Waals surface area contributed by atoms with E-state index in [1.54, 1.807) is 12.1 Å². The highest BCUT2D eigenvalue weighted by molar-refractivity contribution is 5.97. The van der Waals surface area contributed by atoms with Crippen molar-refractivity contribution in [1.82, 2.24) is 10.6 Å². The van der Waals surface area contributed by atoms with E-state index in [1.165, 1.54) is 12.1 Å². The molecule has 2 amide bonds. The molecule has 0 saturated carbocycles. The van der Waals surface area contributed by atoms with Crippen LogP contribution in [0, 0.1) is 0 Å². The molecule has 6 heteroatoms. The first-order valence-corrected chi connectivity index (χ1v) is 4.98. The lowest BCUT2D eigenvalue weighted by Crippen LogP contribution is -2.30. The van der Waals surface area contributed by atoms with Gasteiger partial charge in [-0.25, -0.2) is 0 Å². The molecule has 0 heterocycles. The number of hydrogen-bond donors (Lipinski definition) is 3. The Hall–Kier alpha value is -1.59. The minimum Gasteiger partial charge on any atom is -0.366 e. The molecule has 0 saturated heterocycles. The summed E-state index contributed by atoms with van der Waals surface area (Å²) in [4.78, 5) is 22.4. The van der Waals surface area contributed by atoms with E-state index in [1.807, 2.05) is 7.05 Å². The van der Waals surface area contributed by atoms with Gasteiger partial charge in [-0.15, -0.1) is 12.4 Å². The molecule has 1 rings (SSSR count). The molecular formula is C11H16ClN3O2. The molecule has 5 nitrogen and oxygen atoms in total. The first-order chi connectivity index (χ1) is 7.65. The molecule has 0 aliphatic carbocycles. The van der Waals surface area contributed by atoms with Gasteiger partial charge < -0.3 is 16.4 Å². The number of carbonyl (C=O) groups excluding carboxylic acids is 2. The van der Waals surface area contributed by atoms with Gasteiger partial charge in [0.15, 0.2) is 0 Å². The molecule has 0 bridgehead atoms. The van der Waals surface area contributed by atoms with Crippen molar-refractivity contribution in [3.63, 3.8) is 0 Å². The van der Waals surface area contributed by atoms with Gasteiger partial charge in [-0.05, 0) is 31.3 Å². The Morgan fingerprint density at radius 3 is 2.12 bits per heavy atom. The van der Waals surface area contributed by atoms with Crippen LogP contribution in [0.2, 0.25) is 0 Å². The van der Waals surface area contributed by atoms with Gasteiger partial charge in [-0.2, -0.15) is 0 Å². The van der Waals surface area contributed by atoms with Crippen molar-refractivity contribution in [3.05, 3.63) is 35.4 Å². The monoisotopic (exact) mass is 257 g/mol. The molecular weight excluding hydrogens is 242 g/mol. The summed E-state index contributed by atoms with van der Waals surface area (Å²) < 4.78 is 0. The highest BCUT2D eigenvalue weighted by Gasteiger charge is 2.05. The van der Waals surface area contributed by atoms with Gasteiger partial charge in [-0.3, -0.25) is 9.59 Å². The molecule has 1 aromatic carbocycles. The van der Waals surface area contributed by atoms with E-state index >= 15 is 0 Å². The Balaban J connectivity index is 0.00000256. The highest BCUT2D eigenvalue weighted by Crippen LogP contribution is 2.03. The summed E-state index contributed by atoms with van der Waals surface area (Å²) in [7, 11) is 1.81. The van der Waals surface area contributed by atoms with E-state index in [4.69, 9.17) is 5.73 Å². The minimum atomic E-state index is -0.498. The first kappa shape index (κ1) is 15.4. The topological polar surface area (TPSA) is 84.2 Å². The molecule has 0 aromatic heterocycles. The van der Waals surface area contributed by atoms with Crippen LogP contribution in [0.4, 0.5) is 0 Å². The molecule has 0 fully saturated rings. The van der Waals surface area contributed by atoms with Gasteiger partial charge in [0.1, 0.15) is 0 Å². The lowest BCUT2D eigenvalue weighted by atomic mass is 10.1. The van der Waals surface area contributed by atoms with E-state index in [0.717, 1.165) is 0 Å². The van der Waals surface area contributed by atoms with Crippen LogP contribution >= 0.6 is 12.4 Å². The van der Waals surface area contributed by atoms with E-state index in [-0.39, 0.29) is 18.3 Å². The predicted molar refractivity (Wildman–Crippen MR) is 68.5 cm³/mol. The smallest absolute Gasteiger partial charge is 0.251 e. The lowest BCUT2D eigenvalue weighted by molar-refractivity contribution is 0.0951. The number of hydrogen-bond acceptors (Lipinski definition) is 3. The molecule has 94 valence electrons. The van der Waals surface area contributed by atoms with Gasteiger partial charge in [0.25, 0.3) is 5.91 Å². The number of amides is 2. The van der Waals surface area contributed by atoms with E-state index in [0.29, 0.717) is 24.2 Å². The Morgan fingerprint density at radius 1 is 1.12 bits per heavy atom. The third kappa shape index (κ3) is 4.84.